The number of hydrogen-bond donors (Lipinski definition) is 1. The molecule has 0 bridgehead atoms. The van der Waals surface area contributed by atoms with Crippen LogP contribution >= 0.6 is 15.9 Å². The van der Waals surface area contributed by atoms with Gasteiger partial charge in [-0.3, -0.25) is 4.79 Å². The molecule has 1 aromatic rings. The number of carbonyl (C=O) groups excluding carboxylic acids is 1. The zero-order valence-electron chi connectivity index (χ0n) is 12.6. The molecule has 0 aliphatic carbocycles. The second-order valence-corrected chi connectivity index (χ2v) is 6.04. The number of rotatable bonds is 9. The van der Waals surface area contributed by atoms with Crippen molar-refractivity contribution in [1.82, 2.24) is 9.88 Å². The number of halogens is 1. The van der Waals surface area contributed by atoms with Crippen molar-refractivity contribution in [3.05, 3.63) is 22.4 Å². The van der Waals surface area contributed by atoms with Crippen LogP contribution in [0.2, 0.25) is 0 Å². The smallest absolute Gasteiger partial charge is 0.267 e. The molecule has 1 heterocycles. The van der Waals surface area contributed by atoms with Crippen LogP contribution in [0.1, 0.15) is 50.5 Å². The van der Waals surface area contributed by atoms with Crippen LogP contribution in [-0.4, -0.2) is 29.7 Å². The average Bonchev–Trinajstić information content (AvgIpc) is 2.74. The Kier molecular flexibility index (Phi) is 7.92. The van der Waals surface area contributed by atoms with Crippen LogP contribution in [0, 0.1) is 0 Å². The molecular formula is C15H25BrN2O2. The summed E-state index contributed by atoms with van der Waals surface area (Å²) < 4.78 is 8.40. The summed E-state index contributed by atoms with van der Waals surface area (Å²) in [7, 11) is 0. The first-order chi connectivity index (χ1) is 9.54. The maximum Gasteiger partial charge on any atom is 0.267 e. The maximum absolute atomic E-state index is 12.1. The number of nitrogens with one attached hydrogen (secondary N) is 1. The number of nitrogens with zero attached hydrogens (tertiary/aromatic N) is 1. The van der Waals surface area contributed by atoms with Crippen molar-refractivity contribution in [2.45, 2.75) is 52.7 Å². The van der Waals surface area contributed by atoms with Crippen LogP contribution in [0.4, 0.5) is 0 Å². The molecule has 0 unspecified atom stereocenters. The number of unbranched alkanes of at least 4 members (excludes halogenated alkanes) is 1. The summed E-state index contributed by atoms with van der Waals surface area (Å²) in [6, 6.07) is 1.87. The number of hydrogen-bond acceptors (Lipinski definition) is 2. The van der Waals surface area contributed by atoms with E-state index < -0.39 is 0 Å². The van der Waals surface area contributed by atoms with Gasteiger partial charge in [0.05, 0.1) is 6.10 Å². The number of ether oxygens (including phenoxy) is 1. The first-order valence-corrected chi connectivity index (χ1v) is 8.09. The average molecular weight is 345 g/mol. The highest BCUT2D eigenvalue weighted by Crippen LogP contribution is 2.15. The van der Waals surface area contributed by atoms with Gasteiger partial charge in [-0.2, -0.15) is 0 Å². The first kappa shape index (κ1) is 17.2. The van der Waals surface area contributed by atoms with E-state index in [9.17, 15) is 4.79 Å². The van der Waals surface area contributed by atoms with Crippen molar-refractivity contribution in [3.8, 4) is 0 Å². The minimum atomic E-state index is -0.00562. The molecule has 1 amide bonds. The van der Waals surface area contributed by atoms with Crippen molar-refractivity contribution in [3.63, 3.8) is 0 Å². The van der Waals surface area contributed by atoms with Gasteiger partial charge in [0.25, 0.3) is 5.91 Å². The van der Waals surface area contributed by atoms with Gasteiger partial charge in [0.15, 0.2) is 0 Å². The van der Waals surface area contributed by atoms with E-state index in [1.54, 1.807) is 0 Å². The fraction of sp³-hybridized carbons (Fsp3) is 0.667. The molecule has 0 aromatic carbocycles. The van der Waals surface area contributed by atoms with Gasteiger partial charge in [-0.1, -0.05) is 6.92 Å². The van der Waals surface area contributed by atoms with E-state index in [0.717, 1.165) is 42.6 Å². The lowest BCUT2D eigenvalue weighted by atomic mass is 10.3. The second kappa shape index (κ2) is 9.19. The Labute approximate surface area is 130 Å². The molecule has 0 fully saturated rings. The third-order valence-corrected chi connectivity index (χ3v) is 3.30. The van der Waals surface area contributed by atoms with Crippen molar-refractivity contribution in [2.24, 2.45) is 0 Å². The number of amides is 1. The minimum Gasteiger partial charge on any atom is -0.379 e. The first-order valence-electron chi connectivity index (χ1n) is 7.30. The standard InChI is InChI=1S/C15H25BrN2O2/c1-4-8-18-11-13(16)10-14(18)15(19)17-7-5-6-9-20-12(2)3/h10-12H,4-9H2,1-3H3,(H,17,19). The molecule has 20 heavy (non-hydrogen) atoms. The summed E-state index contributed by atoms with van der Waals surface area (Å²) in [6.07, 6.45) is 5.15. The van der Waals surface area contributed by atoms with Gasteiger partial charge in [-0.25, -0.2) is 0 Å². The van der Waals surface area contributed by atoms with E-state index in [1.807, 2.05) is 30.7 Å². The van der Waals surface area contributed by atoms with Crippen molar-refractivity contribution in [2.75, 3.05) is 13.2 Å². The zero-order chi connectivity index (χ0) is 15.0. The monoisotopic (exact) mass is 344 g/mol. The van der Waals surface area contributed by atoms with Gasteiger partial charge < -0.3 is 14.6 Å². The molecule has 0 aliphatic heterocycles. The van der Waals surface area contributed by atoms with E-state index in [2.05, 4.69) is 28.2 Å². The molecule has 114 valence electrons. The zero-order valence-corrected chi connectivity index (χ0v) is 14.2. The van der Waals surface area contributed by atoms with Crippen LogP contribution in [0.15, 0.2) is 16.7 Å². The van der Waals surface area contributed by atoms with Crippen LogP contribution in [0.25, 0.3) is 0 Å². The minimum absolute atomic E-state index is 0.00562. The largest absolute Gasteiger partial charge is 0.379 e. The highest BCUT2D eigenvalue weighted by molar-refractivity contribution is 9.10. The lowest BCUT2D eigenvalue weighted by Crippen LogP contribution is -2.27. The highest BCUT2D eigenvalue weighted by Gasteiger charge is 2.11. The van der Waals surface area contributed by atoms with E-state index in [1.165, 1.54) is 0 Å². The molecule has 5 heteroatoms. The maximum atomic E-state index is 12.1. The van der Waals surface area contributed by atoms with Crippen LogP contribution < -0.4 is 5.32 Å². The fourth-order valence-electron chi connectivity index (χ4n) is 1.93. The van der Waals surface area contributed by atoms with E-state index >= 15 is 0 Å². The van der Waals surface area contributed by atoms with Gasteiger partial charge in [0, 0.05) is 30.4 Å². The number of aryl methyl sites for hydroxylation is 1. The quantitative estimate of drug-likeness (QED) is 0.695. The summed E-state index contributed by atoms with van der Waals surface area (Å²) in [4.78, 5) is 12.1. The lowest BCUT2D eigenvalue weighted by Gasteiger charge is -2.09. The normalized spacial score (nSPS) is 11.1. The summed E-state index contributed by atoms with van der Waals surface area (Å²) in [5.74, 6) is -0.00562. The molecule has 0 radical (unpaired) electrons. The summed E-state index contributed by atoms with van der Waals surface area (Å²) in [5, 5.41) is 2.96. The van der Waals surface area contributed by atoms with Gasteiger partial charge in [0.2, 0.25) is 0 Å². The summed E-state index contributed by atoms with van der Waals surface area (Å²) in [6.45, 7) is 8.46. The second-order valence-electron chi connectivity index (χ2n) is 5.12. The molecule has 1 N–H and O–H groups in total. The summed E-state index contributed by atoms with van der Waals surface area (Å²) in [5.41, 5.74) is 0.720. The van der Waals surface area contributed by atoms with Gasteiger partial charge in [0.1, 0.15) is 5.69 Å². The van der Waals surface area contributed by atoms with Gasteiger partial charge in [-0.15, -0.1) is 0 Å². The topological polar surface area (TPSA) is 43.3 Å². The Morgan fingerprint density at radius 2 is 2.20 bits per heavy atom. The van der Waals surface area contributed by atoms with Crippen molar-refractivity contribution >= 4 is 21.8 Å². The predicted octanol–water partition coefficient (Wildman–Crippen LogP) is 3.60. The number of carbonyl (C=O) groups is 1. The van der Waals surface area contributed by atoms with Crippen LogP contribution in [-0.2, 0) is 11.3 Å². The molecule has 1 aromatic heterocycles. The lowest BCUT2D eigenvalue weighted by molar-refractivity contribution is 0.0754. The van der Waals surface area contributed by atoms with E-state index in [4.69, 9.17) is 4.74 Å². The molecule has 4 nitrogen and oxygen atoms in total. The SMILES string of the molecule is CCCn1cc(Br)cc1C(=O)NCCCCOC(C)C. The number of aromatic nitrogens is 1. The Morgan fingerprint density at radius 1 is 1.45 bits per heavy atom. The van der Waals surface area contributed by atoms with Crippen molar-refractivity contribution < 1.29 is 9.53 Å². The Bertz CT molecular complexity index is 416. The van der Waals surface area contributed by atoms with Gasteiger partial charge in [-0.05, 0) is 55.1 Å². The molecule has 0 spiro atoms. The Hall–Kier alpha value is -0.810. The molecule has 0 saturated heterocycles. The van der Waals surface area contributed by atoms with Crippen molar-refractivity contribution in [1.29, 1.82) is 0 Å². The Morgan fingerprint density at radius 3 is 2.85 bits per heavy atom. The predicted molar refractivity (Wildman–Crippen MR) is 85.1 cm³/mol. The van der Waals surface area contributed by atoms with E-state index in [0.29, 0.717) is 6.54 Å². The fourth-order valence-corrected chi connectivity index (χ4v) is 2.39. The third kappa shape index (κ3) is 6.09. The molecule has 0 aliphatic rings. The van der Waals surface area contributed by atoms with E-state index in [-0.39, 0.29) is 12.0 Å². The summed E-state index contributed by atoms with van der Waals surface area (Å²) >= 11 is 3.42. The molecule has 0 atom stereocenters. The van der Waals surface area contributed by atoms with Crippen LogP contribution in [0.3, 0.4) is 0 Å². The van der Waals surface area contributed by atoms with Crippen LogP contribution in [0.5, 0.6) is 0 Å². The molecular weight excluding hydrogens is 320 g/mol. The third-order valence-electron chi connectivity index (χ3n) is 2.87. The van der Waals surface area contributed by atoms with Gasteiger partial charge >= 0.3 is 0 Å². The highest BCUT2D eigenvalue weighted by atomic mass is 79.9. The molecule has 0 saturated carbocycles. The Balaban J connectivity index is 2.32. The molecule has 1 rings (SSSR count).